The second-order valence-electron chi connectivity index (χ2n) is 3.53. The van der Waals surface area contributed by atoms with E-state index in [2.05, 4.69) is 0 Å². The Morgan fingerprint density at radius 1 is 0.591 bits per heavy atom. The minimum Gasteiger partial charge on any atom is -0.744 e. The molecule has 108 valence electrons. The summed E-state index contributed by atoms with van der Waals surface area (Å²) in [5, 5.41) is 0. The van der Waals surface area contributed by atoms with Crippen LogP contribution >= 0.6 is 0 Å². The molecule has 0 spiro atoms. The van der Waals surface area contributed by atoms with E-state index in [9.17, 15) is 25.9 Å². The van der Waals surface area contributed by atoms with E-state index in [4.69, 9.17) is 0 Å². The zero-order valence-electron chi connectivity index (χ0n) is 12.0. The summed E-state index contributed by atoms with van der Waals surface area (Å²) >= 11 is 0. The Bertz CT molecular complexity index is 681. The van der Waals surface area contributed by atoms with E-state index in [0.29, 0.717) is 0 Å². The summed E-state index contributed by atoms with van der Waals surface area (Å²) in [7, 11) is -8.51. The molecule has 0 heterocycles. The maximum Gasteiger partial charge on any atom is 1.00 e. The smallest absolute Gasteiger partial charge is 0.744 e. The molecule has 0 aliphatic rings. The molecular formula is C12H10KNaO6S2. The Labute approximate surface area is 194 Å². The third kappa shape index (κ3) is 9.91. The topological polar surface area (TPSA) is 114 Å². The van der Waals surface area contributed by atoms with Crippen molar-refractivity contribution in [3.8, 4) is 0 Å². The maximum atomic E-state index is 10.3. The van der Waals surface area contributed by atoms with Gasteiger partial charge >= 0.3 is 80.9 Å². The van der Waals surface area contributed by atoms with Crippen molar-refractivity contribution in [1.82, 2.24) is 0 Å². The Morgan fingerprint density at radius 3 is 0.955 bits per heavy atom. The van der Waals surface area contributed by atoms with Crippen LogP contribution in [0.2, 0.25) is 0 Å². The van der Waals surface area contributed by atoms with E-state index >= 15 is 0 Å². The Kier molecular flexibility index (Phi) is 13.1. The molecule has 0 unspecified atom stereocenters. The Balaban J connectivity index is 0. The summed E-state index contributed by atoms with van der Waals surface area (Å²) in [6.45, 7) is 0. The summed E-state index contributed by atoms with van der Waals surface area (Å²) in [6.07, 6.45) is 0. The molecule has 0 saturated carbocycles. The number of hydrogen-bond donors (Lipinski definition) is 0. The van der Waals surface area contributed by atoms with Crippen LogP contribution in [-0.4, -0.2) is 25.9 Å². The SMILES string of the molecule is O=S(=O)([O-])c1ccccc1.O=S(=O)([O-])c1ccccc1.[K+].[Na+]. The zero-order valence-corrected chi connectivity index (χ0v) is 18.8. The summed E-state index contributed by atoms with van der Waals surface area (Å²) in [6, 6.07) is 14.4. The molecule has 0 saturated heterocycles. The second kappa shape index (κ2) is 11.5. The molecule has 0 fully saturated rings. The van der Waals surface area contributed by atoms with Crippen LogP contribution in [0, 0.1) is 0 Å². The summed E-state index contributed by atoms with van der Waals surface area (Å²) in [5.74, 6) is 0. The first-order valence-corrected chi connectivity index (χ1v) is 8.05. The van der Waals surface area contributed by atoms with Gasteiger partial charge in [0.2, 0.25) is 0 Å². The molecule has 0 amide bonds. The van der Waals surface area contributed by atoms with E-state index in [1.807, 2.05) is 0 Å². The molecule has 0 bridgehead atoms. The first kappa shape index (κ1) is 25.1. The number of benzene rings is 2. The van der Waals surface area contributed by atoms with Gasteiger partial charge in [-0.2, -0.15) is 0 Å². The van der Waals surface area contributed by atoms with Gasteiger partial charge in [-0.3, -0.25) is 0 Å². The molecule has 2 rings (SSSR count). The van der Waals surface area contributed by atoms with Crippen molar-refractivity contribution in [2.24, 2.45) is 0 Å². The fourth-order valence-corrected chi connectivity index (χ4v) is 2.16. The second-order valence-corrected chi connectivity index (χ2v) is 6.29. The van der Waals surface area contributed by atoms with Crippen LogP contribution < -0.4 is 80.9 Å². The molecule has 10 heteroatoms. The molecule has 22 heavy (non-hydrogen) atoms. The van der Waals surface area contributed by atoms with Crippen molar-refractivity contribution in [3.63, 3.8) is 0 Å². The van der Waals surface area contributed by atoms with Gasteiger partial charge in [0.15, 0.2) is 0 Å². The first-order chi connectivity index (χ1) is 9.21. The average molecular weight is 376 g/mol. The van der Waals surface area contributed by atoms with Crippen LogP contribution in [0.15, 0.2) is 70.5 Å². The molecule has 0 aliphatic carbocycles. The monoisotopic (exact) mass is 376 g/mol. The van der Waals surface area contributed by atoms with E-state index in [-0.39, 0.29) is 90.7 Å². The van der Waals surface area contributed by atoms with Crippen LogP contribution in [0.5, 0.6) is 0 Å². The first-order valence-electron chi connectivity index (χ1n) is 5.23. The Morgan fingerprint density at radius 2 is 0.818 bits per heavy atom. The standard InChI is InChI=1S/2C6H6O3S.K.Na/c2*7-10(8,9)6-4-2-1-3-5-6;;/h2*1-5H,(H,7,8,9);;/q;;2*+1/p-2. The fourth-order valence-electron chi connectivity index (χ4n) is 1.17. The Hall–Kier alpha value is 0.896. The van der Waals surface area contributed by atoms with E-state index < -0.39 is 20.2 Å². The largest absolute Gasteiger partial charge is 1.00 e. The van der Waals surface area contributed by atoms with Crippen molar-refractivity contribution in [2.75, 3.05) is 0 Å². The van der Waals surface area contributed by atoms with E-state index in [1.54, 1.807) is 12.1 Å². The maximum absolute atomic E-state index is 10.3. The van der Waals surface area contributed by atoms with Gasteiger partial charge in [0.1, 0.15) is 20.2 Å². The fraction of sp³-hybridized carbons (Fsp3) is 0. The summed E-state index contributed by atoms with van der Waals surface area (Å²) in [5.41, 5.74) is 0. The minimum absolute atomic E-state index is 0. The summed E-state index contributed by atoms with van der Waals surface area (Å²) < 4.78 is 61.7. The van der Waals surface area contributed by atoms with Gasteiger partial charge in [0.05, 0.1) is 9.79 Å². The van der Waals surface area contributed by atoms with Crippen LogP contribution in [0.1, 0.15) is 0 Å². The molecule has 2 aromatic carbocycles. The average Bonchev–Trinajstić information content (AvgIpc) is 2.40. The van der Waals surface area contributed by atoms with Gasteiger partial charge in [0, 0.05) is 0 Å². The van der Waals surface area contributed by atoms with Gasteiger partial charge in [0.25, 0.3) is 0 Å². The van der Waals surface area contributed by atoms with Gasteiger partial charge in [-0.25, -0.2) is 16.8 Å². The van der Waals surface area contributed by atoms with Crippen LogP contribution in [0.25, 0.3) is 0 Å². The van der Waals surface area contributed by atoms with E-state index in [1.165, 1.54) is 48.5 Å². The van der Waals surface area contributed by atoms with Gasteiger partial charge in [-0.1, -0.05) is 36.4 Å². The third-order valence-electron chi connectivity index (χ3n) is 2.06. The van der Waals surface area contributed by atoms with Gasteiger partial charge in [-0.15, -0.1) is 0 Å². The normalized spacial score (nSPS) is 10.3. The van der Waals surface area contributed by atoms with Crippen molar-refractivity contribution in [1.29, 1.82) is 0 Å². The van der Waals surface area contributed by atoms with Crippen molar-refractivity contribution >= 4 is 20.2 Å². The molecule has 2 aromatic rings. The predicted molar refractivity (Wildman–Crippen MR) is 68.8 cm³/mol. The molecule has 6 nitrogen and oxygen atoms in total. The molecule has 0 N–H and O–H groups in total. The van der Waals surface area contributed by atoms with Crippen LogP contribution in [0.4, 0.5) is 0 Å². The van der Waals surface area contributed by atoms with E-state index in [0.717, 1.165) is 0 Å². The van der Waals surface area contributed by atoms with Crippen LogP contribution in [-0.2, 0) is 20.2 Å². The molecule has 0 aromatic heterocycles. The van der Waals surface area contributed by atoms with Gasteiger partial charge < -0.3 is 9.11 Å². The van der Waals surface area contributed by atoms with Crippen molar-refractivity contribution < 1.29 is 107 Å². The number of hydrogen-bond acceptors (Lipinski definition) is 6. The summed E-state index contributed by atoms with van der Waals surface area (Å²) in [4.78, 5) is -0.370. The molecule has 0 atom stereocenters. The minimum atomic E-state index is -4.25. The molecule has 0 aliphatic heterocycles. The van der Waals surface area contributed by atoms with Crippen LogP contribution in [0.3, 0.4) is 0 Å². The quantitative estimate of drug-likeness (QED) is 0.384. The number of rotatable bonds is 2. The van der Waals surface area contributed by atoms with Gasteiger partial charge in [-0.05, 0) is 24.3 Å². The molecular weight excluding hydrogens is 366 g/mol. The van der Waals surface area contributed by atoms with Crippen molar-refractivity contribution in [3.05, 3.63) is 60.7 Å². The van der Waals surface area contributed by atoms with Crippen molar-refractivity contribution in [2.45, 2.75) is 9.79 Å². The molecule has 0 radical (unpaired) electrons. The third-order valence-corrected chi connectivity index (χ3v) is 3.76. The zero-order chi connectivity index (χ0) is 15.2. The predicted octanol–water partition coefficient (Wildman–Crippen LogP) is -4.81.